The highest BCUT2D eigenvalue weighted by atomic mass is 16.5. The Labute approximate surface area is 143 Å². The lowest BCUT2D eigenvalue weighted by Crippen LogP contribution is -2.31. The van der Waals surface area contributed by atoms with E-state index in [0.717, 1.165) is 31.4 Å². The van der Waals surface area contributed by atoms with E-state index in [1.807, 2.05) is 30.3 Å². The topological polar surface area (TPSA) is 55.8 Å². The Balaban J connectivity index is 1.47. The fourth-order valence-electron chi connectivity index (χ4n) is 3.88. The van der Waals surface area contributed by atoms with Gasteiger partial charge in [-0.3, -0.25) is 4.79 Å². The van der Waals surface area contributed by atoms with Gasteiger partial charge >= 0.3 is 5.97 Å². The van der Waals surface area contributed by atoms with Crippen molar-refractivity contribution in [3.63, 3.8) is 0 Å². The van der Waals surface area contributed by atoms with Crippen LogP contribution in [0.4, 0.5) is 0 Å². The first-order chi connectivity index (χ1) is 11.7. The third-order valence-corrected chi connectivity index (χ3v) is 5.11. The number of ether oxygens (including phenoxy) is 2. The molecule has 0 amide bonds. The van der Waals surface area contributed by atoms with Crippen molar-refractivity contribution in [2.45, 2.75) is 50.7 Å². The molecule has 130 valence electrons. The molecule has 4 heteroatoms. The van der Waals surface area contributed by atoms with Gasteiger partial charge in [0.05, 0.1) is 18.8 Å². The van der Waals surface area contributed by atoms with E-state index in [0.29, 0.717) is 37.1 Å². The third-order valence-electron chi connectivity index (χ3n) is 5.11. The first-order valence-corrected chi connectivity index (χ1v) is 8.94. The van der Waals surface area contributed by atoms with Crippen molar-refractivity contribution in [3.05, 3.63) is 42.5 Å². The van der Waals surface area contributed by atoms with Gasteiger partial charge in [-0.15, -0.1) is 0 Å². The molecule has 0 aliphatic carbocycles. The van der Waals surface area contributed by atoms with Gasteiger partial charge in [-0.05, 0) is 50.2 Å². The van der Waals surface area contributed by atoms with Crippen molar-refractivity contribution in [2.75, 3.05) is 6.61 Å². The van der Waals surface area contributed by atoms with Crippen molar-refractivity contribution >= 4 is 5.97 Å². The molecule has 2 saturated heterocycles. The maximum absolute atomic E-state index is 10.5. The molecule has 0 radical (unpaired) electrons. The summed E-state index contributed by atoms with van der Waals surface area (Å²) < 4.78 is 12.1. The van der Waals surface area contributed by atoms with Crippen LogP contribution in [0.2, 0.25) is 0 Å². The maximum Gasteiger partial charge on any atom is 0.303 e. The molecule has 2 heterocycles. The number of hydrogen-bond acceptors (Lipinski definition) is 3. The number of para-hydroxylation sites is 1. The predicted molar refractivity (Wildman–Crippen MR) is 92.1 cm³/mol. The van der Waals surface area contributed by atoms with Crippen LogP contribution in [0.5, 0.6) is 5.75 Å². The highest BCUT2D eigenvalue weighted by molar-refractivity contribution is 5.66. The molecule has 2 aliphatic rings. The number of rotatable bonds is 9. The monoisotopic (exact) mass is 330 g/mol. The minimum Gasteiger partial charge on any atom is -0.493 e. The molecule has 0 aromatic heterocycles. The number of carboxylic acid groups (broad SMARTS) is 1. The molecule has 0 spiro atoms. The molecule has 3 rings (SSSR count). The molecule has 0 unspecified atom stereocenters. The highest BCUT2D eigenvalue weighted by Crippen LogP contribution is 2.45. The molecular weight excluding hydrogens is 304 g/mol. The lowest BCUT2D eigenvalue weighted by molar-refractivity contribution is -0.137. The molecular formula is C20H26O4. The molecule has 2 aliphatic heterocycles. The van der Waals surface area contributed by atoms with E-state index in [1.54, 1.807) is 0 Å². The van der Waals surface area contributed by atoms with E-state index >= 15 is 0 Å². The molecule has 2 bridgehead atoms. The summed E-state index contributed by atoms with van der Waals surface area (Å²) in [5.74, 6) is 1.17. The van der Waals surface area contributed by atoms with Crippen LogP contribution < -0.4 is 4.74 Å². The van der Waals surface area contributed by atoms with Crippen molar-refractivity contribution in [1.82, 2.24) is 0 Å². The summed E-state index contributed by atoms with van der Waals surface area (Å²) in [6.45, 7) is 0.711. The first kappa shape index (κ1) is 17.0. The zero-order valence-corrected chi connectivity index (χ0v) is 14.0. The van der Waals surface area contributed by atoms with Gasteiger partial charge in [0.2, 0.25) is 0 Å². The fraction of sp³-hybridized carbons (Fsp3) is 0.550. The lowest BCUT2D eigenvalue weighted by atomic mass is 9.78. The summed E-state index contributed by atoms with van der Waals surface area (Å²) in [6, 6.07) is 9.95. The van der Waals surface area contributed by atoms with Crippen LogP contribution in [-0.4, -0.2) is 29.9 Å². The van der Waals surface area contributed by atoms with Crippen LogP contribution in [0.25, 0.3) is 0 Å². The molecule has 1 aromatic carbocycles. The Kier molecular flexibility index (Phi) is 5.91. The molecule has 1 N–H and O–H groups in total. The van der Waals surface area contributed by atoms with Gasteiger partial charge in [-0.1, -0.05) is 30.4 Å². The number of carbonyl (C=O) groups is 1. The average Bonchev–Trinajstić information content (AvgIpc) is 3.18. The van der Waals surface area contributed by atoms with Crippen LogP contribution in [0.15, 0.2) is 42.5 Å². The molecule has 1 aromatic rings. The van der Waals surface area contributed by atoms with Gasteiger partial charge in [0.25, 0.3) is 0 Å². The largest absolute Gasteiger partial charge is 0.493 e. The molecule has 24 heavy (non-hydrogen) atoms. The zero-order chi connectivity index (χ0) is 16.8. The maximum atomic E-state index is 10.5. The Morgan fingerprint density at radius 3 is 2.67 bits per heavy atom. The minimum atomic E-state index is -0.719. The second-order valence-corrected chi connectivity index (χ2v) is 6.74. The van der Waals surface area contributed by atoms with E-state index in [-0.39, 0.29) is 6.42 Å². The number of unbranched alkanes of at least 4 members (excludes halogenated alkanes) is 1. The summed E-state index contributed by atoms with van der Waals surface area (Å²) in [4.78, 5) is 10.5. The predicted octanol–water partition coefficient (Wildman–Crippen LogP) is 4.06. The fourth-order valence-corrected chi connectivity index (χ4v) is 3.88. The SMILES string of the molecule is O=C(O)CCC/C=C\C[C@H]1[C@@H](COc2ccccc2)[C@H]2CC[C@@H]1O2. The van der Waals surface area contributed by atoms with Gasteiger partial charge in [0.1, 0.15) is 5.75 Å². The second kappa shape index (κ2) is 8.34. The molecule has 4 atom stereocenters. The van der Waals surface area contributed by atoms with Crippen molar-refractivity contribution in [2.24, 2.45) is 11.8 Å². The molecule has 4 nitrogen and oxygen atoms in total. The quantitative estimate of drug-likeness (QED) is 0.548. The van der Waals surface area contributed by atoms with Crippen LogP contribution in [0.3, 0.4) is 0 Å². The van der Waals surface area contributed by atoms with Gasteiger partial charge < -0.3 is 14.6 Å². The van der Waals surface area contributed by atoms with Crippen LogP contribution in [0.1, 0.15) is 38.5 Å². The number of fused-ring (bicyclic) bond motifs is 2. The van der Waals surface area contributed by atoms with E-state index in [4.69, 9.17) is 14.6 Å². The Hall–Kier alpha value is -1.81. The number of carboxylic acids is 1. The third kappa shape index (κ3) is 4.38. The summed E-state index contributed by atoms with van der Waals surface area (Å²) in [5.41, 5.74) is 0. The van der Waals surface area contributed by atoms with Crippen molar-refractivity contribution < 1.29 is 19.4 Å². The summed E-state index contributed by atoms with van der Waals surface area (Å²) in [5, 5.41) is 8.65. The summed E-state index contributed by atoms with van der Waals surface area (Å²) >= 11 is 0. The number of aliphatic carboxylic acids is 1. The lowest BCUT2D eigenvalue weighted by Gasteiger charge is -2.27. The van der Waals surface area contributed by atoms with E-state index in [2.05, 4.69) is 12.2 Å². The van der Waals surface area contributed by atoms with Gasteiger partial charge in [-0.2, -0.15) is 0 Å². The number of hydrogen-bond donors (Lipinski definition) is 1. The zero-order valence-electron chi connectivity index (χ0n) is 14.0. The molecule has 0 saturated carbocycles. The highest BCUT2D eigenvalue weighted by Gasteiger charge is 2.48. The first-order valence-electron chi connectivity index (χ1n) is 8.94. The van der Waals surface area contributed by atoms with E-state index in [1.165, 1.54) is 0 Å². The van der Waals surface area contributed by atoms with Gasteiger partial charge in [-0.25, -0.2) is 0 Å². The second-order valence-electron chi connectivity index (χ2n) is 6.74. The Morgan fingerprint density at radius 2 is 1.92 bits per heavy atom. The minimum absolute atomic E-state index is 0.245. The van der Waals surface area contributed by atoms with Crippen molar-refractivity contribution in [3.8, 4) is 5.75 Å². The number of allylic oxidation sites excluding steroid dienone is 2. The number of benzene rings is 1. The summed E-state index contributed by atoms with van der Waals surface area (Å²) in [6.07, 6.45) is 10.1. The van der Waals surface area contributed by atoms with Gasteiger partial charge in [0, 0.05) is 12.3 Å². The van der Waals surface area contributed by atoms with E-state index < -0.39 is 5.97 Å². The van der Waals surface area contributed by atoms with Crippen LogP contribution >= 0.6 is 0 Å². The van der Waals surface area contributed by atoms with Crippen molar-refractivity contribution in [1.29, 1.82) is 0 Å². The van der Waals surface area contributed by atoms with Crippen LogP contribution in [-0.2, 0) is 9.53 Å². The van der Waals surface area contributed by atoms with E-state index in [9.17, 15) is 4.79 Å². The van der Waals surface area contributed by atoms with Crippen LogP contribution in [0, 0.1) is 11.8 Å². The molecule has 2 fully saturated rings. The summed E-state index contributed by atoms with van der Waals surface area (Å²) in [7, 11) is 0. The Bertz CT molecular complexity index is 554. The normalized spacial score (nSPS) is 28.5. The average molecular weight is 330 g/mol. The smallest absolute Gasteiger partial charge is 0.303 e. The van der Waals surface area contributed by atoms with Gasteiger partial charge in [0.15, 0.2) is 0 Å². The Morgan fingerprint density at radius 1 is 1.17 bits per heavy atom. The standard InChI is InChI=1S/C20H26O4/c21-20(22)11-7-2-1-6-10-16-17(19-13-12-18(16)24-19)14-23-15-8-4-3-5-9-15/h1,3-6,8-9,16-19H,2,7,10-14H2,(H,21,22)/b6-1-/t16-,17+,18-,19+/m0/s1.